The second-order valence-corrected chi connectivity index (χ2v) is 5.28. The Morgan fingerprint density at radius 3 is 3.00 bits per heavy atom. The average Bonchev–Trinajstić information content (AvgIpc) is 3.03. The lowest BCUT2D eigenvalue weighted by Crippen LogP contribution is -2.25. The molecule has 2 atom stereocenters. The number of allylic oxidation sites excluding steroid dienone is 1. The molecule has 23 heavy (non-hydrogen) atoms. The van der Waals surface area contributed by atoms with E-state index in [2.05, 4.69) is 20.8 Å². The van der Waals surface area contributed by atoms with Crippen molar-refractivity contribution in [2.75, 3.05) is 5.32 Å². The van der Waals surface area contributed by atoms with E-state index < -0.39 is 12.0 Å². The van der Waals surface area contributed by atoms with Crippen molar-refractivity contribution in [3.63, 3.8) is 0 Å². The van der Waals surface area contributed by atoms with E-state index in [9.17, 15) is 9.90 Å². The Labute approximate surface area is 132 Å². The van der Waals surface area contributed by atoms with Gasteiger partial charge in [-0.1, -0.05) is 30.2 Å². The number of carbonyl (C=O) groups is 1. The van der Waals surface area contributed by atoms with Crippen LogP contribution in [-0.2, 0) is 4.79 Å². The number of fused-ring (bicyclic) bond motifs is 1. The van der Waals surface area contributed by atoms with Gasteiger partial charge in [-0.05, 0) is 35.9 Å². The maximum atomic E-state index is 11.3. The minimum atomic E-state index is -1.07. The summed E-state index contributed by atoms with van der Waals surface area (Å²) in [7, 11) is 0. The summed E-state index contributed by atoms with van der Waals surface area (Å²) in [6.07, 6.45) is 2.49. The minimum absolute atomic E-state index is 0.0376. The molecule has 120 valence electrons. The van der Waals surface area contributed by atoms with Crippen LogP contribution in [0.1, 0.15) is 31.9 Å². The van der Waals surface area contributed by atoms with Gasteiger partial charge in [-0.15, -0.1) is 0 Å². The molecule has 2 heterocycles. The zero-order chi connectivity index (χ0) is 16.4. The number of hydrogen-bond donors (Lipinski definition) is 2. The highest BCUT2D eigenvalue weighted by Crippen LogP contribution is 2.34. The fourth-order valence-corrected chi connectivity index (χ4v) is 2.33. The Kier molecular flexibility index (Phi) is 3.96. The van der Waals surface area contributed by atoms with Crippen molar-refractivity contribution < 1.29 is 14.6 Å². The lowest BCUT2D eigenvalue weighted by Gasteiger charge is -2.24. The molecular weight excluding hydrogens is 298 g/mol. The Morgan fingerprint density at radius 1 is 1.48 bits per heavy atom. The maximum absolute atomic E-state index is 11.3. The van der Waals surface area contributed by atoms with E-state index in [-0.39, 0.29) is 17.7 Å². The Balaban J connectivity index is 2.06. The number of benzene rings is 1. The van der Waals surface area contributed by atoms with E-state index in [1.165, 1.54) is 4.68 Å². The molecule has 0 spiro atoms. The molecule has 1 aliphatic heterocycles. The predicted molar refractivity (Wildman–Crippen MR) is 82.1 cm³/mol. The topological polar surface area (TPSA) is 102 Å². The molecule has 0 fully saturated rings. The molecule has 0 unspecified atom stereocenters. The Bertz CT molecular complexity index is 755. The first-order chi connectivity index (χ1) is 11.1. The van der Waals surface area contributed by atoms with E-state index in [0.717, 1.165) is 12.0 Å². The predicted octanol–water partition coefficient (Wildman–Crippen LogP) is 1.83. The van der Waals surface area contributed by atoms with Crippen molar-refractivity contribution in [3.05, 3.63) is 41.6 Å². The molecule has 8 nitrogen and oxygen atoms in total. The highest BCUT2D eigenvalue weighted by atomic mass is 16.5. The number of carboxylic acids is 1. The molecule has 0 saturated carbocycles. The monoisotopic (exact) mass is 315 g/mol. The quantitative estimate of drug-likeness (QED) is 0.867. The standard InChI is InChI=1S/C15H17N5O3/c1-3-9(2)23-13-7-5-4-6-10(13)12-8-11(14(21)22)16-15-17-18-19-20(12)15/h4-9,12H,3H2,1-2H3,(H,21,22)(H,16,17,19)/t9-,12-/m1/s1. The second kappa shape index (κ2) is 6.07. The average molecular weight is 315 g/mol. The van der Waals surface area contributed by atoms with Crippen molar-refractivity contribution >= 4 is 11.9 Å². The van der Waals surface area contributed by atoms with Crippen molar-refractivity contribution in [2.45, 2.75) is 32.4 Å². The molecule has 0 saturated heterocycles. The zero-order valence-electron chi connectivity index (χ0n) is 12.8. The molecule has 1 aliphatic rings. The van der Waals surface area contributed by atoms with Crippen LogP contribution in [0.5, 0.6) is 5.75 Å². The van der Waals surface area contributed by atoms with Gasteiger partial charge < -0.3 is 15.2 Å². The van der Waals surface area contributed by atoms with Crippen LogP contribution in [0.3, 0.4) is 0 Å². The van der Waals surface area contributed by atoms with Gasteiger partial charge >= 0.3 is 5.97 Å². The van der Waals surface area contributed by atoms with Gasteiger partial charge in [-0.2, -0.15) is 4.68 Å². The van der Waals surface area contributed by atoms with Crippen molar-refractivity contribution in [1.29, 1.82) is 0 Å². The summed E-state index contributed by atoms with van der Waals surface area (Å²) < 4.78 is 7.49. The number of aromatic nitrogens is 4. The molecule has 2 aromatic rings. The van der Waals surface area contributed by atoms with Gasteiger partial charge in [-0.3, -0.25) is 0 Å². The molecule has 0 amide bonds. The third-order valence-corrected chi connectivity index (χ3v) is 3.70. The van der Waals surface area contributed by atoms with E-state index in [4.69, 9.17) is 4.74 Å². The number of carboxylic acid groups (broad SMARTS) is 1. The number of aliphatic carboxylic acids is 1. The molecule has 0 bridgehead atoms. The van der Waals surface area contributed by atoms with Crippen molar-refractivity contribution in [1.82, 2.24) is 20.2 Å². The summed E-state index contributed by atoms with van der Waals surface area (Å²) in [6, 6.07) is 7.05. The first kappa shape index (κ1) is 15.0. The van der Waals surface area contributed by atoms with E-state index >= 15 is 0 Å². The van der Waals surface area contributed by atoms with E-state index in [0.29, 0.717) is 5.75 Å². The van der Waals surface area contributed by atoms with E-state index in [1.54, 1.807) is 6.08 Å². The fourth-order valence-electron chi connectivity index (χ4n) is 2.33. The Morgan fingerprint density at radius 2 is 2.26 bits per heavy atom. The first-order valence-electron chi connectivity index (χ1n) is 7.35. The van der Waals surface area contributed by atoms with Crippen LogP contribution in [0, 0.1) is 0 Å². The summed E-state index contributed by atoms with van der Waals surface area (Å²) in [6.45, 7) is 4.03. The molecule has 0 radical (unpaired) electrons. The SMILES string of the molecule is CC[C@@H](C)Oc1ccccc1[C@H]1C=C(C(=O)O)Nc2nnnn21. The molecular formula is C15H17N5O3. The maximum Gasteiger partial charge on any atom is 0.352 e. The van der Waals surface area contributed by atoms with Gasteiger partial charge in [0.25, 0.3) is 0 Å². The smallest absolute Gasteiger partial charge is 0.352 e. The lowest BCUT2D eigenvalue weighted by molar-refractivity contribution is -0.132. The number of nitrogens with zero attached hydrogens (tertiary/aromatic N) is 4. The number of rotatable bonds is 5. The summed E-state index contributed by atoms with van der Waals surface area (Å²) in [4.78, 5) is 11.3. The Hall–Kier alpha value is -2.90. The molecule has 8 heteroatoms. The second-order valence-electron chi connectivity index (χ2n) is 5.28. The van der Waals surface area contributed by atoms with Gasteiger partial charge in [0.2, 0.25) is 5.95 Å². The summed E-state index contributed by atoms with van der Waals surface area (Å²) in [5.41, 5.74) is 0.845. The lowest BCUT2D eigenvalue weighted by atomic mass is 10.0. The number of para-hydroxylation sites is 1. The van der Waals surface area contributed by atoms with Gasteiger partial charge in [-0.25, -0.2) is 4.79 Å². The number of hydrogen-bond acceptors (Lipinski definition) is 6. The number of nitrogens with one attached hydrogen (secondary N) is 1. The summed E-state index contributed by atoms with van der Waals surface area (Å²) in [5, 5.41) is 23.4. The van der Waals surface area contributed by atoms with Crippen molar-refractivity contribution in [2.24, 2.45) is 0 Å². The van der Waals surface area contributed by atoms with Gasteiger partial charge in [0.1, 0.15) is 17.5 Å². The van der Waals surface area contributed by atoms with Crippen LogP contribution in [0.2, 0.25) is 0 Å². The van der Waals surface area contributed by atoms with Crippen LogP contribution in [0.4, 0.5) is 5.95 Å². The number of anilines is 1. The zero-order valence-corrected chi connectivity index (χ0v) is 12.8. The van der Waals surface area contributed by atoms with Crippen LogP contribution < -0.4 is 10.1 Å². The number of tetrazole rings is 1. The minimum Gasteiger partial charge on any atom is -0.490 e. The van der Waals surface area contributed by atoms with Gasteiger partial charge in [0, 0.05) is 5.56 Å². The summed E-state index contributed by atoms with van der Waals surface area (Å²) >= 11 is 0. The van der Waals surface area contributed by atoms with Crippen LogP contribution in [0.15, 0.2) is 36.0 Å². The molecule has 1 aromatic heterocycles. The number of ether oxygens (including phenoxy) is 1. The van der Waals surface area contributed by atoms with Crippen LogP contribution >= 0.6 is 0 Å². The third-order valence-electron chi connectivity index (χ3n) is 3.70. The fraction of sp³-hybridized carbons (Fsp3) is 0.333. The van der Waals surface area contributed by atoms with Gasteiger partial charge in [0.15, 0.2) is 0 Å². The van der Waals surface area contributed by atoms with E-state index in [1.807, 2.05) is 38.1 Å². The van der Waals surface area contributed by atoms with Crippen molar-refractivity contribution in [3.8, 4) is 5.75 Å². The molecule has 3 rings (SSSR count). The third kappa shape index (κ3) is 2.87. The molecule has 2 N–H and O–H groups in total. The highest BCUT2D eigenvalue weighted by molar-refractivity contribution is 5.90. The van der Waals surface area contributed by atoms with Crippen LogP contribution in [0.25, 0.3) is 0 Å². The van der Waals surface area contributed by atoms with Gasteiger partial charge in [0.05, 0.1) is 6.10 Å². The highest BCUT2D eigenvalue weighted by Gasteiger charge is 2.28. The molecule has 1 aromatic carbocycles. The van der Waals surface area contributed by atoms with Crippen LogP contribution in [-0.4, -0.2) is 37.4 Å². The molecule has 0 aliphatic carbocycles. The first-order valence-corrected chi connectivity index (χ1v) is 7.35. The largest absolute Gasteiger partial charge is 0.490 e. The normalized spacial score (nSPS) is 17.7. The summed E-state index contributed by atoms with van der Waals surface area (Å²) in [5.74, 6) is -0.0889.